The molecule has 1 aliphatic heterocycles. The van der Waals surface area contributed by atoms with Gasteiger partial charge in [-0.15, -0.1) is 0 Å². The SMILES string of the molecule is CCOC1CCCN(c2ccc(CC(C)N)cc2Br)C1. The van der Waals surface area contributed by atoms with Gasteiger partial charge in [0.1, 0.15) is 0 Å². The van der Waals surface area contributed by atoms with E-state index in [9.17, 15) is 0 Å². The number of rotatable bonds is 5. The molecule has 0 amide bonds. The summed E-state index contributed by atoms with van der Waals surface area (Å²) in [6, 6.07) is 6.79. The molecule has 0 aromatic heterocycles. The number of hydrogen-bond donors (Lipinski definition) is 1. The molecule has 20 heavy (non-hydrogen) atoms. The molecule has 2 atom stereocenters. The summed E-state index contributed by atoms with van der Waals surface area (Å²) in [6.45, 7) is 7.00. The molecule has 1 aliphatic rings. The number of ether oxygens (including phenoxy) is 1. The third-order valence-electron chi connectivity index (χ3n) is 3.69. The largest absolute Gasteiger partial charge is 0.377 e. The van der Waals surface area contributed by atoms with Crippen molar-refractivity contribution in [2.45, 2.75) is 45.3 Å². The zero-order chi connectivity index (χ0) is 14.5. The first kappa shape index (κ1) is 15.8. The number of anilines is 1. The third-order valence-corrected chi connectivity index (χ3v) is 4.33. The number of halogens is 1. The van der Waals surface area contributed by atoms with Crippen molar-refractivity contribution in [3.8, 4) is 0 Å². The maximum Gasteiger partial charge on any atom is 0.0750 e. The summed E-state index contributed by atoms with van der Waals surface area (Å²) in [6.07, 6.45) is 3.65. The normalized spacial score (nSPS) is 21.0. The van der Waals surface area contributed by atoms with E-state index >= 15 is 0 Å². The van der Waals surface area contributed by atoms with E-state index in [0.717, 1.165) is 30.6 Å². The summed E-state index contributed by atoms with van der Waals surface area (Å²) in [7, 11) is 0. The van der Waals surface area contributed by atoms with Crippen LogP contribution >= 0.6 is 15.9 Å². The second-order valence-corrected chi connectivity index (χ2v) is 6.49. The van der Waals surface area contributed by atoms with Crippen molar-refractivity contribution < 1.29 is 4.74 Å². The van der Waals surface area contributed by atoms with Crippen LogP contribution in [0.2, 0.25) is 0 Å². The molecule has 0 radical (unpaired) electrons. The molecule has 0 bridgehead atoms. The van der Waals surface area contributed by atoms with E-state index in [1.54, 1.807) is 0 Å². The lowest BCUT2D eigenvalue weighted by atomic mass is 10.0. The number of piperidine rings is 1. The molecule has 0 spiro atoms. The predicted molar refractivity (Wildman–Crippen MR) is 88.4 cm³/mol. The van der Waals surface area contributed by atoms with E-state index in [0.29, 0.717) is 6.10 Å². The van der Waals surface area contributed by atoms with Crippen LogP contribution in [-0.4, -0.2) is 31.8 Å². The van der Waals surface area contributed by atoms with Crippen molar-refractivity contribution in [2.75, 3.05) is 24.6 Å². The zero-order valence-corrected chi connectivity index (χ0v) is 14.0. The van der Waals surface area contributed by atoms with Crippen LogP contribution in [0.4, 0.5) is 5.69 Å². The molecule has 0 saturated carbocycles. The summed E-state index contributed by atoms with van der Waals surface area (Å²) in [4.78, 5) is 2.42. The van der Waals surface area contributed by atoms with Crippen LogP contribution in [0.5, 0.6) is 0 Å². The van der Waals surface area contributed by atoms with Gasteiger partial charge in [0.15, 0.2) is 0 Å². The molecular weight excluding hydrogens is 316 g/mol. The Morgan fingerprint density at radius 1 is 1.50 bits per heavy atom. The minimum atomic E-state index is 0.199. The van der Waals surface area contributed by atoms with Gasteiger partial charge in [-0.3, -0.25) is 0 Å². The van der Waals surface area contributed by atoms with E-state index in [1.165, 1.54) is 24.1 Å². The van der Waals surface area contributed by atoms with Gasteiger partial charge in [-0.1, -0.05) is 6.07 Å². The van der Waals surface area contributed by atoms with Gasteiger partial charge in [0.25, 0.3) is 0 Å². The standard InChI is InChI=1S/C16H25BrN2O/c1-3-20-14-5-4-8-19(11-14)16-7-6-13(9-12(2)18)10-15(16)17/h6-7,10,12,14H,3-5,8-9,11,18H2,1-2H3. The first-order valence-corrected chi connectivity index (χ1v) is 8.30. The first-order valence-electron chi connectivity index (χ1n) is 7.50. The Morgan fingerprint density at radius 2 is 2.30 bits per heavy atom. The average Bonchev–Trinajstić information content (AvgIpc) is 2.39. The summed E-state index contributed by atoms with van der Waals surface area (Å²) in [5, 5.41) is 0. The molecule has 2 N–H and O–H groups in total. The number of hydrogen-bond acceptors (Lipinski definition) is 3. The highest BCUT2D eigenvalue weighted by atomic mass is 79.9. The lowest BCUT2D eigenvalue weighted by Crippen LogP contribution is -2.39. The summed E-state index contributed by atoms with van der Waals surface area (Å²) >= 11 is 3.71. The predicted octanol–water partition coefficient (Wildman–Crippen LogP) is 3.34. The maximum absolute atomic E-state index is 5.86. The van der Waals surface area contributed by atoms with Crippen molar-refractivity contribution >= 4 is 21.6 Å². The molecule has 0 aliphatic carbocycles. The second-order valence-electron chi connectivity index (χ2n) is 5.63. The first-order chi connectivity index (χ1) is 9.60. The van der Waals surface area contributed by atoms with Gasteiger partial charge in [-0.25, -0.2) is 0 Å². The van der Waals surface area contributed by atoms with Gasteiger partial charge in [0.05, 0.1) is 11.8 Å². The highest BCUT2D eigenvalue weighted by molar-refractivity contribution is 9.10. The van der Waals surface area contributed by atoms with Crippen LogP contribution in [0.1, 0.15) is 32.3 Å². The van der Waals surface area contributed by atoms with Crippen LogP contribution < -0.4 is 10.6 Å². The second kappa shape index (κ2) is 7.43. The van der Waals surface area contributed by atoms with Crippen LogP contribution in [0.15, 0.2) is 22.7 Å². The molecule has 3 nitrogen and oxygen atoms in total. The monoisotopic (exact) mass is 340 g/mol. The average molecular weight is 341 g/mol. The molecule has 1 saturated heterocycles. The molecule has 2 rings (SSSR count). The fourth-order valence-electron chi connectivity index (χ4n) is 2.83. The summed E-state index contributed by atoms with van der Waals surface area (Å²) in [5.41, 5.74) is 8.42. The third kappa shape index (κ3) is 4.21. The van der Waals surface area contributed by atoms with Gasteiger partial charge in [-0.2, -0.15) is 0 Å². The Morgan fingerprint density at radius 3 is 2.95 bits per heavy atom. The number of benzene rings is 1. The van der Waals surface area contributed by atoms with Gasteiger partial charge >= 0.3 is 0 Å². The van der Waals surface area contributed by atoms with Crippen molar-refractivity contribution in [2.24, 2.45) is 5.73 Å². The Labute approximate surface area is 130 Å². The fourth-order valence-corrected chi connectivity index (χ4v) is 3.51. The maximum atomic E-state index is 5.86. The zero-order valence-electron chi connectivity index (χ0n) is 12.4. The van der Waals surface area contributed by atoms with Crippen molar-refractivity contribution in [3.05, 3.63) is 28.2 Å². The van der Waals surface area contributed by atoms with Crippen LogP contribution in [-0.2, 0) is 11.2 Å². The van der Waals surface area contributed by atoms with Crippen molar-refractivity contribution in [3.63, 3.8) is 0 Å². The lowest BCUT2D eigenvalue weighted by Gasteiger charge is -2.34. The number of nitrogens with two attached hydrogens (primary N) is 1. The molecule has 1 aromatic rings. The molecule has 1 heterocycles. The summed E-state index contributed by atoms with van der Waals surface area (Å²) in [5.74, 6) is 0. The topological polar surface area (TPSA) is 38.5 Å². The highest BCUT2D eigenvalue weighted by Gasteiger charge is 2.21. The van der Waals surface area contributed by atoms with Crippen LogP contribution in [0.25, 0.3) is 0 Å². The fraction of sp³-hybridized carbons (Fsp3) is 0.625. The van der Waals surface area contributed by atoms with Gasteiger partial charge in [0.2, 0.25) is 0 Å². The summed E-state index contributed by atoms with van der Waals surface area (Å²) < 4.78 is 6.94. The van der Waals surface area contributed by atoms with Crippen molar-refractivity contribution in [1.82, 2.24) is 0 Å². The Kier molecular flexibility index (Phi) is 5.87. The van der Waals surface area contributed by atoms with E-state index in [4.69, 9.17) is 10.5 Å². The lowest BCUT2D eigenvalue weighted by molar-refractivity contribution is 0.0526. The van der Waals surface area contributed by atoms with E-state index < -0.39 is 0 Å². The Balaban J connectivity index is 2.08. The molecule has 1 fully saturated rings. The molecule has 112 valence electrons. The Bertz CT molecular complexity index is 434. The van der Waals surface area contributed by atoms with E-state index in [2.05, 4.69) is 46.0 Å². The molecule has 4 heteroatoms. The highest BCUT2D eigenvalue weighted by Crippen LogP contribution is 2.30. The van der Waals surface area contributed by atoms with Crippen LogP contribution in [0.3, 0.4) is 0 Å². The number of nitrogens with zero attached hydrogens (tertiary/aromatic N) is 1. The van der Waals surface area contributed by atoms with E-state index in [-0.39, 0.29) is 6.04 Å². The van der Waals surface area contributed by atoms with Gasteiger partial charge < -0.3 is 15.4 Å². The minimum Gasteiger partial charge on any atom is -0.377 e. The molecular formula is C16H25BrN2O. The quantitative estimate of drug-likeness (QED) is 0.893. The van der Waals surface area contributed by atoms with Crippen LogP contribution in [0, 0.1) is 0 Å². The minimum absolute atomic E-state index is 0.199. The van der Waals surface area contributed by atoms with Crippen molar-refractivity contribution in [1.29, 1.82) is 0 Å². The van der Waals surface area contributed by atoms with Gasteiger partial charge in [0, 0.05) is 30.2 Å². The smallest absolute Gasteiger partial charge is 0.0750 e. The molecule has 2 unspecified atom stereocenters. The molecule has 1 aromatic carbocycles. The van der Waals surface area contributed by atoms with Gasteiger partial charge in [-0.05, 0) is 66.7 Å². The van der Waals surface area contributed by atoms with E-state index in [1.807, 2.05) is 6.92 Å². The Hall–Kier alpha value is -0.580.